The second-order valence-corrected chi connectivity index (χ2v) is 9.32. The predicted molar refractivity (Wildman–Crippen MR) is 124 cm³/mol. The van der Waals surface area contributed by atoms with Gasteiger partial charge in [0.1, 0.15) is 11.6 Å². The number of pyridine rings is 2. The number of amides is 1. The number of likely N-dealkylation sites (tertiary alicyclic amines) is 1. The van der Waals surface area contributed by atoms with Crippen LogP contribution in [0.1, 0.15) is 26.2 Å². The maximum Gasteiger partial charge on any atom is 0.409 e. The van der Waals surface area contributed by atoms with Gasteiger partial charge in [-0.3, -0.25) is 4.90 Å². The predicted octanol–water partition coefficient (Wildman–Crippen LogP) is 2.86. The number of nitrogens with zero attached hydrogens (tertiary/aromatic N) is 5. The fourth-order valence-electron chi connectivity index (χ4n) is 5.62. The van der Waals surface area contributed by atoms with E-state index in [4.69, 9.17) is 15.5 Å². The summed E-state index contributed by atoms with van der Waals surface area (Å²) in [6, 6.07) is 8.54. The second kappa shape index (κ2) is 8.58. The molecular formula is C24H32N6O2. The van der Waals surface area contributed by atoms with E-state index in [-0.39, 0.29) is 6.09 Å². The first-order chi connectivity index (χ1) is 15.6. The van der Waals surface area contributed by atoms with Crippen molar-refractivity contribution in [3.05, 3.63) is 36.7 Å². The minimum Gasteiger partial charge on any atom is -0.450 e. The summed E-state index contributed by atoms with van der Waals surface area (Å²) in [6.45, 7) is 8.03. The first-order valence-electron chi connectivity index (χ1n) is 11.6. The van der Waals surface area contributed by atoms with Gasteiger partial charge in [-0.2, -0.15) is 0 Å². The van der Waals surface area contributed by atoms with Crippen molar-refractivity contribution < 1.29 is 9.53 Å². The summed E-state index contributed by atoms with van der Waals surface area (Å²) in [5.41, 5.74) is 8.21. The summed E-state index contributed by atoms with van der Waals surface area (Å²) >= 11 is 0. The Bertz CT molecular complexity index is 951. The van der Waals surface area contributed by atoms with Crippen molar-refractivity contribution in [3.63, 3.8) is 0 Å². The zero-order valence-corrected chi connectivity index (χ0v) is 18.7. The van der Waals surface area contributed by atoms with E-state index in [1.807, 2.05) is 42.4 Å². The Labute approximate surface area is 189 Å². The van der Waals surface area contributed by atoms with Crippen molar-refractivity contribution in [2.45, 2.75) is 32.2 Å². The summed E-state index contributed by atoms with van der Waals surface area (Å²) in [5, 5.41) is 0. The largest absolute Gasteiger partial charge is 0.450 e. The number of carbonyl (C=O) groups is 1. The highest BCUT2D eigenvalue weighted by Crippen LogP contribution is 2.47. The first kappa shape index (κ1) is 21.0. The van der Waals surface area contributed by atoms with Gasteiger partial charge in [0.05, 0.1) is 6.61 Å². The molecule has 0 bridgehead atoms. The summed E-state index contributed by atoms with van der Waals surface area (Å²) in [5.74, 6) is 1.55. The molecule has 2 saturated heterocycles. The lowest BCUT2D eigenvalue weighted by Crippen LogP contribution is -2.58. The lowest BCUT2D eigenvalue weighted by Gasteiger charge is -2.48. The van der Waals surface area contributed by atoms with Gasteiger partial charge in [0.15, 0.2) is 0 Å². The number of aromatic nitrogens is 2. The van der Waals surface area contributed by atoms with E-state index in [0.717, 1.165) is 56.2 Å². The van der Waals surface area contributed by atoms with Crippen LogP contribution < -0.4 is 10.6 Å². The van der Waals surface area contributed by atoms with E-state index in [9.17, 15) is 4.79 Å². The third-order valence-corrected chi connectivity index (χ3v) is 7.27. The molecular weight excluding hydrogens is 404 g/mol. The number of ether oxygens (including phenoxy) is 1. The number of hydrogen-bond acceptors (Lipinski definition) is 7. The zero-order valence-electron chi connectivity index (χ0n) is 18.7. The molecule has 2 aromatic heterocycles. The second-order valence-electron chi connectivity index (χ2n) is 9.32. The molecule has 32 heavy (non-hydrogen) atoms. The van der Waals surface area contributed by atoms with Crippen LogP contribution in [-0.2, 0) is 4.74 Å². The van der Waals surface area contributed by atoms with Crippen molar-refractivity contribution in [1.29, 1.82) is 0 Å². The quantitative estimate of drug-likeness (QED) is 0.788. The van der Waals surface area contributed by atoms with Gasteiger partial charge in [-0.1, -0.05) is 0 Å². The molecule has 0 unspecified atom stereocenters. The zero-order chi connectivity index (χ0) is 22.1. The van der Waals surface area contributed by atoms with Crippen LogP contribution in [0.5, 0.6) is 0 Å². The van der Waals surface area contributed by atoms with Gasteiger partial charge in [-0.15, -0.1) is 0 Å². The molecule has 2 aliphatic heterocycles. The molecule has 5 rings (SSSR count). The van der Waals surface area contributed by atoms with Gasteiger partial charge >= 0.3 is 6.09 Å². The van der Waals surface area contributed by atoms with E-state index in [0.29, 0.717) is 23.9 Å². The highest BCUT2D eigenvalue weighted by Gasteiger charge is 2.51. The number of rotatable bonds is 4. The Morgan fingerprint density at radius 1 is 1.19 bits per heavy atom. The molecule has 0 radical (unpaired) electrons. The molecule has 8 nitrogen and oxygen atoms in total. The number of piperazine rings is 1. The molecule has 1 spiro atoms. The van der Waals surface area contributed by atoms with Crippen LogP contribution in [0.3, 0.4) is 0 Å². The molecule has 3 aliphatic rings. The van der Waals surface area contributed by atoms with Crippen molar-refractivity contribution in [3.8, 4) is 11.1 Å². The molecule has 4 heterocycles. The molecule has 170 valence electrons. The first-order valence-corrected chi connectivity index (χ1v) is 11.6. The fraction of sp³-hybridized carbons (Fsp3) is 0.542. The maximum absolute atomic E-state index is 11.9. The third kappa shape index (κ3) is 3.99. The monoisotopic (exact) mass is 436 g/mol. The summed E-state index contributed by atoms with van der Waals surface area (Å²) in [6.07, 6.45) is 7.16. The summed E-state index contributed by atoms with van der Waals surface area (Å²) in [4.78, 5) is 27.8. The van der Waals surface area contributed by atoms with Gasteiger partial charge in [0, 0.05) is 74.2 Å². The van der Waals surface area contributed by atoms with Crippen LogP contribution in [0.2, 0.25) is 0 Å². The molecule has 1 amide bonds. The van der Waals surface area contributed by atoms with Crippen LogP contribution in [-0.4, -0.2) is 77.8 Å². The van der Waals surface area contributed by atoms with Crippen LogP contribution in [0.4, 0.5) is 16.4 Å². The maximum atomic E-state index is 11.9. The number of anilines is 2. The Morgan fingerprint density at radius 2 is 2.00 bits per heavy atom. The van der Waals surface area contributed by atoms with E-state index in [1.165, 1.54) is 19.3 Å². The highest BCUT2D eigenvalue weighted by atomic mass is 16.6. The van der Waals surface area contributed by atoms with Crippen molar-refractivity contribution >= 4 is 17.7 Å². The molecule has 2 N–H and O–H groups in total. The average molecular weight is 437 g/mol. The van der Waals surface area contributed by atoms with Crippen LogP contribution in [0.15, 0.2) is 36.7 Å². The van der Waals surface area contributed by atoms with Crippen LogP contribution in [0, 0.1) is 5.41 Å². The Balaban J connectivity index is 1.18. The Kier molecular flexibility index (Phi) is 5.63. The number of nitrogens with two attached hydrogens (primary N) is 1. The van der Waals surface area contributed by atoms with Crippen molar-refractivity contribution in [2.75, 3.05) is 56.5 Å². The molecule has 3 fully saturated rings. The van der Waals surface area contributed by atoms with Gasteiger partial charge in [0.25, 0.3) is 0 Å². The lowest BCUT2D eigenvalue weighted by atomic mass is 9.78. The molecule has 1 atom stereocenters. The molecule has 1 saturated carbocycles. The fourth-order valence-corrected chi connectivity index (χ4v) is 5.62. The number of hydrogen-bond donors (Lipinski definition) is 1. The van der Waals surface area contributed by atoms with Gasteiger partial charge in [0.2, 0.25) is 0 Å². The smallest absolute Gasteiger partial charge is 0.409 e. The minimum absolute atomic E-state index is 0.155. The van der Waals surface area contributed by atoms with E-state index in [1.54, 1.807) is 0 Å². The molecule has 2 aromatic rings. The van der Waals surface area contributed by atoms with E-state index < -0.39 is 0 Å². The molecule has 0 aromatic carbocycles. The summed E-state index contributed by atoms with van der Waals surface area (Å²) < 4.78 is 5.15. The Morgan fingerprint density at radius 3 is 2.72 bits per heavy atom. The number of carbonyl (C=O) groups excluding carboxylic acids is 1. The van der Waals surface area contributed by atoms with Gasteiger partial charge in [-0.05, 0) is 50.5 Å². The lowest BCUT2D eigenvalue weighted by molar-refractivity contribution is -0.00294. The highest BCUT2D eigenvalue weighted by molar-refractivity contribution is 5.75. The average Bonchev–Trinajstić information content (AvgIpc) is 3.25. The van der Waals surface area contributed by atoms with Crippen molar-refractivity contribution in [2.24, 2.45) is 5.41 Å². The third-order valence-electron chi connectivity index (χ3n) is 7.27. The van der Waals surface area contributed by atoms with Crippen molar-refractivity contribution in [1.82, 2.24) is 19.8 Å². The number of nitrogen functional groups attached to an aromatic ring is 1. The standard InChI is InChI=1S/C24H32N6O2/c1-2-32-23(31)30-16-24(17-30)8-7-19(14-24)28-10-12-29(13-11-28)22-20(4-3-9-26-22)18-5-6-21(25)27-15-18/h3-6,9,15,19H,2,7-8,10-14,16-17H2,1H3,(H2,25,27)/t19-/m1/s1. The van der Waals surface area contributed by atoms with Gasteiger partial charge in [-0.25, -0.2) is 14.8 Å². The SMILES string of the molecule is CCOC(=O)N1CC2(CC[C@@H](N3CCN(c4ncccc4-c4ccc(N)nc4)CC3)C2)C1. The molecule has 1 aliphatic carbocycles. The van der Waals surface area contributed by atoms with Gasteiger partial charge < -0.3 is 20.3 Å². The molecule has 8 heteroatoms. The normalized spacial score (nSPS) is 22.7. The van der Waals surface area contributed by atoms with E-state index >= 15 is 0 Å². The van der Waals surface area contributed by atoms with E-state index in [2.05, 4.69) is 20.9 Å². The van der Waals surface area contributed by atoms with Crippen LogP contribution >= 0.6 is 0 Å². The topological polar surface area (TPSA) is 87.8 Å². The minimum atomic E-state index is -0.155. The summed E-state index contributed by atoms with van der Waals surface area (Å²) in [7, 11) is 0. The van der Waals surface area contributed by atoms with Crippen LogP contribution in [0.25, 0.3) is 11.1 Å². The Hall–Kier alpha value is -2.87.